The van der Waals surface area contributed by atoms with Crippen LogP contribution in [0.15, 0.2) is 84.9 Å². The summed E-state index contributed by atoms with van der Waals surface area (Å²) in [5, 5.41) is 47.9. The number of hydrogen-bond donors (Lipinski definition) is 10. The predicted molar refractivity (Wildman–Crippen MR) is 339 cm³/mol. The molecule has 9 rings (SSSR count). The molecule has 0 aliphatic carbocycles. The average Bonchev–Trinajstić information content (AvgIpc) is 1.90. The van der Waals surface area contributed by atoms with Crippen LogP contribution in [0.3, 0.4) is 0 Å². The molecule has 21 nitrogen and oxygen atoms in total. The summed E-state index contributed by atoms with van der Waals surface area (Å²) in [4.78, 5) is 97.5. The molecule has 8 bridgehead atoms. The van der Waals surface area contributed by atoms with Crippen molar-refractivity contribution >= 4 is 86.6 Å². The van der Waals surface area contributed by atoms with Crippen LogP contribution in [-0.4, -0.2) is 193 Å². The maximum absolute atomic E-state index is 13.3. The number of anilines is 1. The average molecular weight is 1180 g/mol. The number of carbonyl (C=O) groups is 6. The quantitative estimate of drug-likeness (QED) is 0.0324. The summed E-state index contributed by atoms with van der Waals surface area (Å²) in [7, 11) is 0. The van der Waals surface area contributed by atoms with Gasteiger partial charge in [-0.2, -0.15) is 0 Å². The van der Waals surface area contributed by atoms with Crippen LogP contribution in [0.1, 0.15) is 57.6 Å². The maximum atomic E-state index is 13.3. The van der Waals surface area contributed by atoms with Crippen LogP contribution in [0.4, 0.5) is 5.69 Å². The molecule has 3 aromatic carbocycles. The van der Waals surface area contributed by atoms with Crippen molar-refractivity contribution in [3.05, 3.63) is 130 Å². The number of H-pyrrole nitrogens is 3. The molecule has 6 heterocycles. The van der Waals surface area contributed by atoms with Gasteiger partial charge in [-0.15, -0.1) is 0 Å². The van der Waals surface area contributed by atoms with E-state index >= 15 is 0 Å². The zero-order valence-electron chi connectivity index (χ0n) is 50.1. The molecule has 1 unspecified atom stereocenters. The fourth-order valence-electron chi connectivity index (χ4n) is 12.3. The lowest BCUT2D eigenvalue weighted by Gasteiger charge is -2.35. The SMILES string of the molecule is Cc1cc(C)c(-c2c3nc(c4ccc([nH]4)c(-c4c(C)cc(C)cc4C)c4ccc([nH]4)c(-c4ccc(NC(=O)CNCCNC(=O)CCC(C(=O)O)N5CCN(CC(=O)O)CCN(CC(=O)O)CCN(CC(=O)O)CC5)cc4)c4ccc2[nH]4)C=C3)c(C)c1. The molecule has 10 N–H and O–H groups in total. The highest BCUT2D eigenvalue weighted by Gasteiger charge is 2.29. The normalized spacial score (nSPS) is 14.8. The van der Waals surface area contributed by atoms with Gasteiger partial charge in [-0.3, -0.25) is 48.4 Å². The number of aliphatic carboxylic acids is 4. The first-order valence-corrected chi connectivity index (χ1v) is 29.4. The van der Waals surface area contributed by atoms with E-state index in [0.717, 1.165) is 100 Å². The van der Waals surface area contributed by atoms with Crippen LogP contribution in [0.5, 0.6) is 0 Å². The lowest BCUT2D eigenvalue weighted by molar-refractivity contribution is -0.145. The Hall–Kier alpha value is -8.99. The number of hydrogen-bond acceptors (Lipinski definition) is 12. The predicted octanol–water partition coefficient (Wildman–Crippen LogP) is 7.90. The molecule has 0 spiro atoms. The van der Waals surface area contributed by atoms with Gasteiger partial charge in [-0.05, 0) is 148 Å². The van der Waals surface area contributed by atoms with Gasteiger partial charge >= 0.3 is 23.9 Å². The minimum atomic E-state index is -1.19. The molecule has 1 fully saturated rings. The summed E-state index contributed by atoms with van der Waals surface area (Å²) in [6.45, 7) is 13.3. The highest BCUT2D eigenvalue weighted by molar-refractivity contribution is 6.02. The molecule has 1 saturated heterocycles. The molecule has 0 radical (unpaired) electrons. The van der Waals surface area contributed by atoms with Gasteiger partial charge in [0.1, 0.15) is 6.04 Å². The minimum Gasteiger partial charge on any atom is -0.480 e. The monoisotopic (exact) mass is 1180 g/mol. The molecular weight excluding hydrogens is 1110 g/mol. The summed E-state index contributed by atoms with van der Waals surface area (Å²) in [5.74, 6) is -5.18. The molecule has 4 aromatic heterocycles. The number of carboxylic acid groups (broad SMARTS) is 4. The maximum Gasteiger partial charge on any atom is 0.320 e. The number of nitrogens with zero attached hydrogens (tertiary/aromatic N) is 5. The van der Waals surface area contributed by atoms with Crippen molar-refractivity contribution in [3.63, 3.8) is 0 Å². The van der Waals surface area contributed by atoms with E-state index in [0.29, 0.717) is 5.69 Å². The van der Waals surface area contributed by atoms with Crippen molar-refractivity contribution < 1.29 is 49.2 Å². The van der Waals surface area contributed by atoms with Crippen molar-refractivity contribution in [1.29, 1.82) is 0 Å². The van der Waals surface area contributed by atoms with Crippen molar-refractivity contribution in [2.75, 3.05) is 96.9 Å². The van der Waals surface area contributed by atoms with Gasteiger partial charge in [0.2, 0.25) is 11.8 Å². The van der Waals surface area contributed by atoms with Gasteiger partial charge in [0.25, 0.3) is 0 Å². The number of aromatic nitrogens is 4. The topological polar surface area (TPSA) is 293 Å². The molecule has 87 heavy (non-hydrogen) atoms. The first-order valence-electron chi connectivity index (χ1n) is 29.4. The van der Waals surface area contributed by atoms with Gasteiger partial charge in [-0.25, -0.2) is 4.98 Å². The number of amides is 2. The van der Waals surface area contributed by atoms with Gasteiger partial charge in [0, 0.05) is 122 Å². The van der Waals surface area contributed by atoms with Gasteiger partial charge in [0.15, 0.2) is 0 Å². The highest BCUT2D eigenvalue weighted by Crippen LogP contribution is 2.39. The number of nitrogens with one attached hydrogen (secondary N) is 6. The number of aryl methyl sites for hydroxylation is 6. The van der Waals surface area contributed by atoms with E-state index in [9.17, 15) is 49.2 Å². The molecular formula is C66H77N11O10. The van der Waals surface area contributed by atoms with Crippen molar-refractivity contribution in [2.45, 2.75) is 60.4 Å². The van der Waals surface area contributed by atoms with E-state index in [1.165, 1.54) is 11.1 Å². The van der Waals surface area contributed by atoms with Gasteiger partial charge in [0.05, 0.1) is 43.1 Å². The summed E-state index contributed by atoms with van der Waals surface area (Å²) >= 11 is 0. The molecule has 2 aliphatic heterocycles. The highest BCUT2D eigenvalue weighted by atomic mass is 16.4. The minimum absolute atomic E-state index is 0.0590. The third kappa shape index (κ3) is 15.7. The van der Waals surface area contributed by atoms with Crippen LogP contribution < -0.4 is 16.0 Å². The van der Waals surface area contributed by atoms with Crippen LogP contribution >= 0.6 is 0 Å². The number of fused-ring (bicyclic) bond motifs is 9. The van der Waals surface area contributed by atoms with Crippen LogP contribution in [0, 0.1) is 41.5 Å². The Morgan fingerprint density at radius 1 is 0.494 bits per heavy atom. The number of rotatable bonds is 20. The van der Waals surface area contributed by atoms with Crippen LogP contribution in [0.25, 0.3) is 78.6 Å². The largest absolute Gasteiger partial charge is 0.480 e. The molecule has 2 aliphatic rings. The Balaban J connectivity index is 0.896. The molecule has 7 aromatic rings. The first-order chi connectivity index (χ1) is 41.7. The number of carboxylic acids is 4. The molecule has 456 valence electrons. The number of aromatic amines is 3. The fourth-order valence-corrected chi connectivity index (χ4v) is 12.3. The Bertz CT molecular complexity index is 3820. The van der Waals surface area contributed by atoms with E-state index in [1.54, 1.807) is 19.6 Å². The first kappa shape index (κ1) is 62.5. The van der Waals surface area contributed by atoms with Gasteiger partial charge < -0.3 is 51.3 Å². The van der Waals surface area contributed by atoms with Crippen molar-refractivity contribution in [3.8, 4) is 33.4 Å². The zero-order chi connectivity index (χ0) is 62.1. The zero-order valence-corrected chi connectivity index (χ0v) is 50.1. The van der Waals surface area contributed by atoms with E-state index in [-0.39, 0.29) is 110 Å². The summed E-state index contributed by atoms with van der Waals surface area (Å²) in [6, 6.07) is 28.1. The smallest absolute Gasteiger partial charge is 0.320 e. The summed E-state index contributed by atoms with van der Waals surface area (Å²) in [5.41, 5.74) is 20.7. The summed E-state index contributed by atoms with van der Waals surface area (Å²) in [6.07, 6.45) is 3.93. The second-order valence-corrected chi connectivity index (χ2v) is 22.8. The third-order valence-electron chi connectivity index (χ3n) is 16.1. The second-order valence-electron chi connectivity index (χ2n) is 22.8. The van der Waals surface area contributed by atoms with E-state index in [2.05, 4.69) is 145 Å². The van der Waals surface area contributed by atoms with Crippen LogP contribution in [-0.2, 0) is 28.8 Å². The van der Waals surface area contributed by atoms with Crippen LogP contribution in [0.2, 0.25) is 0 Å². The standard InChI is InChI=1S/C66H77N11O10/c1-39-31-41(3)61(42(4)32-39)64-51-13-11-47(70-51)48-12-14-52(71-48)65(62-43(5)33-40(2)34-44(62)6)54-18-16-50(73-54)63(49-15-17-53(64)72-49)45-7-9-46(10-8-45)69-57(79)35-67-21-22-68-56(78)20-19-55(66(86)87)77-29-27-75(37-59(82)83)25-23-74(36-58(80)81)24-26-76(28-30-77)38-60(84)85/h7-18,31-34,55,67,70,72-73H,19-30,35-38H2,1-6H3,(H,68,78)(H,69,79)(H,80,81)(H,82,83)(H,84,85)(H,86,87). The molecule has 1 atom stereocenters. The van der Waals surface area contributed by atoms with E-state index in [1.807, 2.05) is 24.3 Å². The second kappa shape index (κ2) is 28.0. The van der Waals surface area contributed by atoms with Gasteiger partial charge in [-0.1, -0.05) is 47.5 Å². The van der Waals surface area contributed by atoms with Crippen molar-refractivity contribution in [1.82, 2.24) is 50.2 Å². The molecule has 21 heteroatoms. The van der Waals surface area contributed by atoms with E-state index < -0.39 is 35.8 Å². The third-order valence-corrected chi connectivity index (χ3v) is 16.1. The fraction of sp³-hybridized carbons (Fsp3) is 0.348. The van der Waals surface area contributed by atoms with E-state index in [4.69, 9.17) is 4.98 Å². The Kier molecular flexibility index (Phi) is 20.1. The Morgan fingerprint density at radius 2 is 0.920 bits per heavy atom. The number of benzene rings is 3. The Labute approximate surface area is 504 Å². The number of carbonyl (C=O) groups excluding carboxylic acids is 2. The lowest BCUT2D eigenvalue weighted by Crippen LogP contribution is -2.52. The van der Waals surface area contributed by atoms with Crippen molar-refractivity contribution in [2.24, 2.45) is 0 Å². The molecule has 0 saturated carbocycles. The lowest BCUT2D eigenvalue weighted by atomic mass is 9.92. The molecule has 2 amide bonds. The summed E-state index contributed by atoms with van der Waals surface area (Å²) < 4.78 is 0. The Morgan fingerprint density at radius 3 is 1.40 bits per heavy atom.